The molecular weight excluding hydrogens is 321 g/mol. The SMILES string of the molecule is Cc1c(Cl)c(C(F)(F)F)nn1[C@H](C)C(=O)N1CCN(C)CC1. The van der Waals surface area contributed by atoms with Gasteiger partial charge >= 0.3 is 6.18 Å². The highest BCUT2D eigenvalue weighted by Gasteiger charge is 2.39. The van der Waals surface area contributed by atoms with Crippen LogP contribution < -0.4 is 0 Å². The van der Waals surface area contributed by atoms with Crippen LogP contribution in [-0.4, -0.2) is 58.7 Å². The predicted octanol–water partition coefficient (Wildman–Crippen LogP) is 2.20. The Bertz CT molecular complexity index is 564. The van der Waals surface area contributed by atoms with Crippen LogP contribution in [0.3, 0.4) is 0 Å². The van der Waals surface area contributed by atoms with Crippen LogP contribution in [0.25, 0.3) is 0 Å². The molecule has 22 heavy (non-hydrogen) atoms. The van der Waals surface area contributed by atoms with Gasteiger partial charge in [-0.2, -0.15) is 18.3 Å². The third-order valence-corrected chi connectivity index (χ3v) is 4.34. The summed E-state index contributed by atoms with van der Waals surface area (Å²) in [7, 11) is 1.96. The lowest BCUT2D eigenvalue weighted by Crippen LogP contribution is -2.49. The maximum Gasteiger partial charge on any atom is 0.436 e. The smallest absolute Gasteiger partial charge is 0.338 e. The molecule has 5 nitrogen and oxygen atoms in total. The lowest BCUT2D eigenvalue weighted by atomic mass is 10.2. The predicted molar refractivity (Wildman–Crippen MR) is 75.8 cm³/mol. The molecular formula is C13H18ClF3N4O. The number of halogens is 4. The fraction of sp³-hybridized carbons (Fsp3) is 0.692. The minimum absolute atomic E-state index is 0.143. The van der Waals surface area contributed by atoms with Gasteiger partial charge in [0, 0.05) is 26.2 Å². The maximum absolute atomic E-state index is 12.8. The Kier molecular flexibility index (Phi) is 4.72. The van der Waals surface area contributed by atoms with Gasteiger partial charge in [-0.3, -0.25) is 9.48 Å². The van der Waals surface area contributed by atoms with Crippen LogP contribution in [0.4, 0.5) is 13.2 Å². The van der Waals surface area contributed by atoms with Gasteiger partial charge in [0.1, 0.15) is 6.04 Å². The highest BCUT2D eigenvalue weighted by molar-refractivity contribution is 6.32. The van der Waals surface area contributed by atoms with Gasteiger partial charge in [0.15, 0.2) is 5.69 Å². The van der Waals surface area contributed by atoms with E-state index in [-0.39, 0.29) is 11.6 Å². The van der Waals surface area contributed by atoms with Crippen molar-refractivity contribution in [1.29, 1.82) is 0 Å². The third-order valence-electron chi connectivity index (χ3n) is 3.88. The molecule has 0 aliphatic carbocycles. The van der Waals surface area contributed by atoms with E-state index in [1.54, 1.807) is 4.90 Å². The van der Waals surface area contributed by atoms with Gasteiger partial charge < -0.3 is 9.80 Å². The highest BCUT2D eigenvalue weighted by Crippen LogP contribution is 2.36. The van der Waals surface area contributed by atoms with Crippen molar-refractivity contribution in [2.24, 2.45) is 0 Å². The van der Waals surface area contributed by atoms with Crippen LogP contribution in [-0.2, 0) is 11.0 Å². The van der Waals surface area contributed by atoms with E-state index in [0.717, 1.165) is 17.8 Å². The summed E-state index contributed by atoms with van der Waals surface area (Å²) in [5, 5.41) is 3.06. The molecule has 1 amide bonds. The topological polar surface area (TPSA) is 41.4 Å². The summed E-state index contributed by atoms with van der Waals surface area (Å²) in [6.45, 7) is 5.56. The molecule has 1 aromatic heterocycles. The van der Waals surface area contributed by atoms with Gasteiger partial charge in [0.05, 0.1) is 10.7 Å². The Morgan fingerprint density at radius 1 is 1.27 bits per heavy atom. The molecule has 2 heterocycles. The Labute approximate surface area is 131 Å². The van der Waals surface area contributed by atoms with Gasteiger partial charge in [0.25, 0.3) is 0 Å². The van der Waals surface area contributed by atoms with Gasteiger partial charge in [-0.1, -0.05) is 11.6 Å². The maximum atomic E-state index is 12.8. The van der Waals surface area contributed by atoms with Crippen LogP contribution in [0.5, 0.6) is 0 Å². The second kappa shape index (κ2) is 6.08. The van der Waals surface area contributed by atoms with Crippen molar-refractivity contribution in [2.45, 2.75) is 26.1 Å². The third kappa shape index (κ3) is 3.22. The van der Waals surface area contributed by atoms with Crippen LogP contribution >= 0.6 is 11.6 Å². The number of rotatable bonds is 2. The zero-order valence-electron chi connectivity index (χ0n) is 12.6. The van der Waals surface area contributed by atoms with Crippen molar-refractivity contribution >= 4 is 17.5 Å². The second-order valence-electron chi connectivity index (χ2n) is 5.49. The van der Waals surface area contributed by atoms with Crippen molar-refractivity contribution < 1.29 is 18.0 Å². The van der Waals surface area contributed by atoms with Crippen molar-refractivity contribution in [1.82, 2.24) is 19.6 Å². The van der Waals surface area contributed by atoms with Gasteiger partial charge in [-0.15, -0.1) is 0 Å². The monoisotopic (exact) mass is 338 g/mol. The summed E-state index contributed by atoms with van der Waals surface area (Å²) in [6, 6.07) is -0.822. The van der Waals surface area contributed by atoms with E-state index in [2.05, 4.69) is 10.00 Å². The number of hydrogen-bond donors (Lipinski definition) is 0. The molecule has 0 aromatic carbocycles. The fourth-order valence-corrected chi connectivity index (χ4v) is 2.68. The lowest BCUT2D eigenvalue weighted by molar-refractivity contribution is -0.142. The number of carbonyl (C=O) groups is 1. The van der Waals surface area contributed by atoms with Crippen molar-refractivity contribution in [3.63, 3.8) is 0 Å². The highest BCUT2D eigenvalue weighted by atomic mass is 35.5. The summed E-state index contributed by atoms with van der Waals surface area (Å²) in [5.41, 5.74) is -1.01. The zero-order chi connectivity index (χ0) is 16.7. The van der Waals surface area contributed by atoms with Crippen molar-refractivity contribution in [3.05, 3.63) is 16.4 Å². The molecule has 0 unspecified atom stereocenters. The first-order chi connectivity index (χ1) is 10.1. The largest absolute Gasteiger partial charge is 0.436 e. The second-order valence-corrected chi connectivity index (χ2v) is 5.87. The molecule has 1 aliphatic rings. The molecule has 1 aromatic rings. The van der Waals surface area contributed by atoms with E-state index in [1.807, 2.05) is 7.05 Å². The molecule has 1 atom stereocenters. The van der Waals surface area contributed by atoms with Crippen molar-refractivity contribution in [2.75, 3.05) is 33.2 Å². The van der Waals surface area contributed by atoms with Gasteiger partial charge in [0.2, 0.25) is 5.91 Å². The molecule has 124 valence electrons. The standard InChI is InChI=1S/C13H18ClF3N4O/c1-8-10(14)11(13(15,16)17)18-21(8)9(2)12(22)20-6-4-19(3)5-7-20/h9H,4-7H2,1-3H3/t9-/m1/s1. The van der Waals surface area contributed by atoms with E-state index < -0.39 is 22.9 Å². The van der Waals surface area contributed by atoms with Gasteiger partial charge in [-0.25, -0.2) is 0 Å². The van der Waals surface area contributed by atoms with Crippen LogP contribution in [0, 0.1) is 6.92 Å². The Morgan fingerprint density at radius 2 is 1.82 bits per heavy atom. The van der Waals surface area contributed by atoms with E-state index in [1.165, 1.54) is 13.8 Å². The minimum atomic E-state index is -4.64. The number of piperazine rings is 1. The molecule has 9 heteroatoms. The average molecular weight is 339 g/mol. The first-order valence-electron chi connectivity index (χ1n) is 6.92. The van der Waals surface area contributed by atoms with Gasteiger partial charge in [-0.05, 0) is 20.9 Å². The Morgan fingerprint density at radius 3 is 2.27 bits per heavy atom. The normalized spacial score (nSPS) is 18.6. The number of alkyl halides is 3. The molecule has 1 aliphatic heterocycles. The number of aromatic nitrogens is 2. The zero-order valence-corrected chi connectivity index (χ0v) is 13.4. The first kappa shape index (κ1) is 17.1. The van der Waals surface area contributed by atoms with E-state index >= 15 is 0 Å². The summed E-state index contributed by atoms with van der Waals surface area (Å²) in [6.07, 6.45) is -4.64. The number of carbonyl (C=O) groups excluding carboxylic acids is 1. The molecule has 0 N–H and O–H groups in total. The molecule has 0 bridgehead atoms. The molecule has 2 rings (SSSR count). The minimum Gasteiger partial charge on any atom is -0.338 e. The molecule has 0 saturated carbocycles. The molecule has 1 saturated heterocycles. The summed E-state index contributed by atoms with van der Waals surface area (Å²) >= 11 is 5.72. The Balaban J connectivity index is 2.22. The quantitative estimate of drug-likeness (QED) is 0.830. The van der Waals surface area contributed by atoms with Crippen LogP contribution in [0.1, 0.15) is 24.4 Å². The summed E-state index contributed by atoms with van der Waals surface area (Å²) in [4.78, 5) is 16.2. The van der Waals surface area contributed by atoms with Crippen molar-refractivity contribution in [3.8, 4) is 0 Å². The molecule has 1 fully saturated rings. The first-order valence-corrected chi connectivity index (χ1v) is 7.30. The summed E-state index contributed by atoms with van der Waals surface area (Å²) < 4.78 is 39.6. The fourth-order valence-electron chi connectivity index (χ4n) is 2.45. The summed E-state index contributed by atoms with van der Waals surface area (Å²) in [5.74, 6) is -0.246. The lowest BCUT2D eigenvalue weighted by Gasteiger charge is -2.34. The Hall–Kier alpha value is -1.28. The van der Waals surface area contributed by atoms with Crippen LogP contribution in [0.2, 0.25) is 5.02 Å². The van der Waals surface area contributed by atoms with Crippen LogP contribution in [0.15, 0.2) is 0 Å². The molecule has 0 radical (unpaired) electrons. The number of nitrogens with zero attached hydrogens (tertiary/aromatic N) is 4. The number of hydrogen-bond acceptors (Lipinski definition) is 3. The molecule has 0 spiro atoms. The van der Waals surface area contributed by atoms with E-state index in [4.69, 9.17) is 11.6 Å². The number of likely N-dealkylation sites (N-methyl/N-ethyl adjacent to an activating group) is 1. The van der Waals surface area contributed by atoms with E-state index in [9.17, 15) is 18.0 Å². The van der Waals surface area contributed by atoms with E-state index in [0.29, 0.717) is 13.1 Å². The average Bonchev–Trinajstić information content (AvgIpc) is 2.74. The number of amides is 1.